The summed E-state index contributed by atoms with van der Waals surface area (Å²) >= 11 is 0. The number of aromatic nitrogens is 3. The van der Waals surface area contributed by atoms with Crippen molar-refractivity contribution < 1.29 is 39.6 Å². The second-order valence-corrected chi connectivity index (χ2v) is 18.8. The van der Waals surface area contributed by atoms with Crippen molar-refractivity contribution in [2.45, 2.75) is 168 Å². The van der Waals surface area contributed by atoms with E-state index in [-0.39, 0.29) is 53.7 Å². The Kier molecular flexibility index (Phi) is 20.2. The van der Waals surface area contributed by atoms with Crippen LogP contribution in [0.2, 0.25) is 0 Å². The number of H-pyrrole nitrogens is 3. The van der Waals surface area contributed by atoms with E-state index in [1.54, 1.807) is 24.3 Å². The molecule has 4 aromatic rings. The summed E-state index contributed by atoms with van der Waals surface area (Å²) in [5.41, 5.74) is 6.99. The summed E-state index contributed by atoms with van der Waals surface area (Å²) < 4.78 is 0. The number of allylic oxidation sites excluding steroid dienone is 7. The van der Waals surface area contributed by atoms with E-state index in [1.807, 2.05) is 60.7 Å². The fourth-order valence-electron chi connectivity index (χ4n) is 9.74. The van der Waals surface area contributed by atoms with E-state index in [1.165, 1.54) is 116 Å². The zero-order valence-electron chi connectivity index (χ0n) is 40.4. The molecule has 67 heavy (non-hydrogen) atoms. The maximum absolute atomic E-state index is 14.0. The van der Waals surface area contributed by atoms with E-state index < -0.39 is 0 Å². The second kappa shape index (κ2) is 26.4. The summed E-state index contributed by atoms with van der Waals surface area (Å²) in [5.74, 6) is -0.863. The van der Waals surface area contributed by atoms with Crippen LogP contribution < -0.4 is 20.9 Å². The van der Waals surface area contributed by atoms with Crippen LogP contribution in [0.25, 0.3) is 23.3 Å². The number of aliphatic imine (C=N–C) groups is 1. The molecule has 5 heterocycles. The van der Waals surface area contributed by atoms with Crippen LogP contribution in [0.3, 0.4) is 0 Å². The smallest absolute Gasteiger partial charge is 0.872 e. The maximum atomic E-state index is 14.0. The van der Waals surface area contributed by atoms with Gasteiger partial charge in [0.25, 0.3) is 0 Å². The largest absolute Gasteiger partial charge is 2.00 e. The molecule has 0 atom stereocenters. The summed E-state index contributed by atoms with van der Waals surface area (Å²) in [6.45, 7) is 4.51. The van der Waals surface area contributed by atoms with E-state index in [9.17, 15) is 20.1 Å². The first-order chi connectivity index (χ1) is 32.3. The van der Waals surface area contributed by atoms with Crippen molar-refractivity contribution in [3.8, 4) is 11.5 Å². The quantitative estimate of drug-likeness (QED) is 0.0298. The molecule has 8 bridgehead atoms. The first kappa shape index (κ1) is 51.3. The van der Waals surface area contributed by atoms with Crippen molar-refractivity contribution in [3.05, 3.63) is 140 Å². The van der Waals surface area contributed by atoms with Gasteiger partial charge >= 0.3 is 19.5 Å². The fraction of sp³-hybridized carbons (Fsp3) is 0.448. The summed E-state index contributed by atoms with van der Waals surface area (Å²) in [7, 11) is 0. The van der Waals surface area contributed by atoms with Gasteiger partial charge in [-0.15, -0.1) is 11.5 Å². The predicted octanol–water partition coefficient (Wildman–Crippen LogP) is 12.5. The van der Waals surface area contributed by atoms with E-state index in [0.29, 0.717) is 45.7 Å². The maximum Gasteiger partial charge on any atom is 2.00 e. The number of hydrogen-bond donors (Lipinski definition) is 4. The van der Waals surface area contributed by atoms with Gasteiger partial charge in [-0.2, -0.15) is 0 Å². The van der Waals surface area contributed by atoms with Crippen LogP contribution in [-0.2, 0) is 30.7 Å². The first-order valence-electron chi connectivity index (χ1n) is 25.5. The Bertz CT molecular complexity index is 2570. The van der Waals surface area contributed by atoms with Crippen molar-refractivity contribution >= 4 is 34.8 Å². The summed E-state index contributed by atoms with van der Waals surface area (Å²) in [6.07, 6.45) is 40.0. The van der Waals surface area contributed by atoms with Crippen LogP contribution in [-0.4, -0.2) is 31.6 Å². The third-order valence-corrected chi connectivity index (χ3v) is 13.4. The monoisotopic (exact) mass is 952 g/mol. The molecule has 0 amide bonds. The zero-order valence-corrected chi connectivity index (χ0v) is 43.3. The van der Waals surface area contributed by atoms with Crippen LogP contribution in [0.4, 0.5) is 0 Å². The molecule has 4 N–H and O–H groups in total. The Labute approximate surface area is 411 Å². The summed E-state index contributed by atoms with van der Waals surface area (Å²) in [4.78, 5) is 29.3. The predicted molar refractivity (Wildman–Crippen MR) is 269 cm³/mol. The number of ketones is 1. The van der Waals surface area contributed by atoms with Crippen molar-refractivity contribution in [2.75, 3.05) is 0 Å². The summed E-state index contributed by atoms with van der Waals surface area (Å²) in [6, 6.07) is 14.7. The Morgan fingerprint density at radius 3 is 1.63 bits per heavy atom. The average molecular weight is 955 g/mol. The molecule has 8 nitrogen and oxygen atoms in total. The number of aliphatic hydroxyl groups is 1. The number of aromatic amines is 3. The van der Waals surface area contributed by atoms with Gasteiger partial charge in [0.15, 0.2) is 5.78 Å². The van der Waals surface area contributed by atoms with Gasteiger partial charge in [0.2, 0.25) is 0 Å². The molecule has 0 unspecified atom stereocenters. The number of nitrogens with one attached hydrogen (secondary N) is 3. The standard InChI is InChI=1S/C58H74N4O4.Zn/c1-3-5-7-9-11-13-15-17-19-21-23-25-41-35-51(63)57(52(64)36-41)55-47-31-27-43(59-47)39-45-29-33-49(61-45)56(50-34-30-46(62-50)40-44-28-32-48(55)60-44)58-53(65)37-42(38-54(58)66)26-24-22-20-18-16-14-12-10-8-6-4-2;/h27-40,59-61,63-65H,3-26H2,1-2H3;/q;+2/p-2/b43-39-,46-40-,55-47+,58-56-;. The number of nitrogens with zero attached hydrogens (tertiary/aromatic N) is 1. The first-order valence-corrected chi connectivity index (χ1v) is 25.5. The molecule has 1 aliphatic carbocycles. The number of carbonyl (C=O) groups is 1. The van der Waals surface area contributed by atoms with Crippen molar-refractivity contribution in [1.29, 1.82) is 0 Å². The third kappa shape index (κ3) is 14.4. The van der Waals surface area contributed by atoms with E-state index in [2.05, 4.69) is 28.8 Å². The molecule has 3 aliphatic rings. The molecule has 7 rings (SSSR count). The molecule has 2 aliphatic heterocycles. The molecule has 0 saturated heterocycles. The van der Waals surface area contributed by atoms with Gasteiger partial charge in [0, 0.05) is 44.6 Å². The van der Waals surface area contributed by atoms with Crippen LogP contribution in [0.5, 0.6) is 11.5 Å². The Balaban J connectivity index is 0.00000741. The topological polar surface area (TPSA) is 143 Å². The third-order valence-electron chi connectivity index (χ3n) is 13.4. The fourth-order valence-corrected chi connectivity index (χ4v) is 9.74. The van der Waals surface area contributed by atoms with Crippen LogP contribution in [0.1, 0.15) is 195 Å². The van der Waals surface area contributed by atoms with Crippen molar-refractivity contribution in [2.24, 2.45) is 4.99 Å². The molecule has 9 heteroatoms. The Hall–Kier alpha value is -5.14. The molecule has 1 aromatic carbocycles. The SMILES string of the molecule is CCCCCCCCCCCCCC1=CC(=O)/C(=C2C3=N/C(=C\c4ccc([nH]4)/C(c4c([O-])cc(CCCCCCCCCCCCC)cc4[O-])=c4/cc/c([nH]4)=C/c4ccc\2[nH]4)C=C3)C(O)=C1.[Zn+2]. The van der Waals surface area contributed by atoms with Gasteiger partial charge in [-0.3, -0.25) is 4.79 Å². The molecular formula is C58H72N4O4Zn. The van der Waals surface area contributed by atoms with E-state index >= 15 is 0 Å². The molecule has 350 valence electrons. The van der Waals surface area contributed by atoms with Gasteiger partial charge in [-0.1, -0.05) is 154 Å². The number of benzene rings is 1. The minimum Gasteiger partial charge on any atom is -0.872 e. The Morgan fingerprint density at radius 1 is 0.537 bits per heavy atom. The minimum atomic E-state index is -0.284. The van der Waals surface area contributed by atoms with Gasteiger partial charge in [0.05, 0.1) is 17.0 Å². The number of fused-ring (bicyclic) bond motifs is 7. The normalized spacial score (nSPS) is 17.6. The number of hydrogen-bond acceptors (Lipinski definition) is 5. The zero-order chi connectivity index (χ0) is 46.1. The van der Waals surface area contributed by atoms with Gasteiger partial charge in [-0.05, 0) is 115 Å². The van der Waals surface area contributed by atoms with Crippen LogP contribution >= 0.6 is 0 Å². The van der Waals surface area contributed by atoms with E-state index in [4.69, 9.17) is 4.99 Å². The van der Waals surface area contributed by atoms with E-state index in [0.717, 1.165) is 60.0 Å². The Morgan fingerprint density at radius 2 is 1.06 bits per heavy atom. The molecule has 0 spiro atoms. The van der Waals surface area contributed by atoms with Crippen LogP contribution in [0.15, 0.2) is 100 Å². The molecular weight excluding hydrogens is 882 g/mol. The van der Waals surface area contributed by atoms with Crippen molar-refractivity contribution in [3.63, 3.8) is 0 Å². The minimum absolute atomic E-state index is 0. The number of aryl methyl sites for hydroxylation is 1. The number of aliphatic hydroxyl groups excluding tert-OH is 1. The van der Waals surface area contributed by atoms with Gasteiger partial charge in [-0.25, -0.2) is 4.99 Å². The molecule has 0 saturated carbocycles. The van der Waals surface area contributed by atoms with Crippen molar-refractivity contribution in [1.82, 2.24) is 15.0 Å². The summed E-state index contributed by atoms with van der Waals surface area (Å²) in [5, 5.41) is 40.8. The molecule has 3 aromatic heterocycles. The number of carbonyl (C=O) groups excluding carboxylic acids is 1. The second-order valence-electron chi connectivity index (χ2n) is 18.8. The molecule has 0 radical (unpaired) electrons. The number of unbranched alkanes of at least 4 members (excludes halogenated alkanes) is 20. The van der Waals surface area contributed by atoms with Gasteiger partial charge in [0.1, 0.15) is 5.76 Å². The van der Waals surface area contributed by atoms with Gasteiger partial charge < -0.3 is 30.3 Å². The average Bonchev–Trinajstić information content (AvgIpc) is 4.14. The molecule has 0 fully saturated rings. The van der Waals surface area contributed by atoms with Crippen LogP contribution in [0, 0.1) is 0 Å². The number of rotatable bonds is 25.